The molecular formula is C28H18Cl2N4O3S. The van der Waals surface area contributed by atoms with Crippen molar-refractivity contribution < 1.29 is 9.59 Å². The number of carbonyl (C=O) groups excluding carboxylic acids is 2. The van der Waals surface area contributed by atoms with E-state index in [4.69, 9.17) is 23.2 Å². The summed E-state index contributed by atoms with van der Waals surface area (Å²) in [6, 6.07) is 20.3. The molecule has 6 rings (SSSR count). The van der Waals surface area contributed by atoms with E-state index in [-0.39, 0.29) is 16.0 Å². The van der Waals surface area contributed by atoms with E-state index in [0.717, 1.165) is 11.3 Å². The van der Waals surface area contributed by atoms with Crippen LogP contribution in [0, 0.1) is 0 Å². The first-order valence-electron chi connectivity index (χ1n) is 11.6. The minimum Gasteiger partial charge on any atom is -0.322 e. The number of rotatable bonds is 3. The number of para-hydroxylation sites is 1. The summed E-state index contributed by atoms with van der Waals surface area (Å²) in [5.41, 5.74) is 3.01. The summed E-state index contributed by atoms with van der Waals surface area (Å²) >= 11 is 13.5. The Morgan fingerprint density at radius 2 is 1.71 bits per heavy atom. The molecule has 0 fully saturated rings. The molecule has 10 heteroatoms. The number of hydrogen-bond donors (Lipinski definition) is 2. The molecule has 2 N–H and O–H groups in total. The second-order valence-corrected chi connectivity index (χ2v) is 10.6. The molecule has 3 heterocycles. The van der Waals surface area contributed by atoms with E-state index in [9.17, 15) is 14.4 Å². The number of nitrogens with one attached hydrogen (secondary N) is 2. The number of halogens is 2. The number of fused-ring (bicyclic) bond motifs is 2. The van der Waals surface area contributed by atoms with Gasteiger partial charge in [0.1, 0.15) is 4.53 Å². The monoisotopic (exact) mass is 560 g/mol. The highest BCUT2D eigenvalue weighted by molar-refractivity contribution is 7.07. The lowest BCUT2D eigenvalue weighted by molar-refractivity contribution is -0.113. The van der Waals surface area contributed by atoms with Gasteiger partial charge in [-0.15, -0.1) is 0 Å². The molecule has 4 aromatic rings. The molecule has 0 unspecified atom stereocenters. The third-order valence-electron chi connectivity index (χ3n) is 6.41. The van der Waals surface area contributed by atoms with Crippen LogP contribution in [0.5, 0.6) is 0 Å². The highest BCUT2D eigenvalue weighted by atomic mass is 35.5. The van der Waals surface area contributed by atoms with Gasteiger partial charge in [0.05, 0.1) is 22.9 Å². The maximum Gasteiger partial charge on any atom is 0.271 e. The minimum atomic E-state index is -0.787. The Morgan fingerprint density at radius 1 is 1.00 bits per heavy atom. The highest BCUT2D eigenvalue weighted by Crippen LogP contribution is 2.34. The van der Waals surface area contributed by atoms with Crippen molar-refractivity contribution in [3.63, 3.8) is 0 Å². The van der Waals surface area contributed by atoms with Crippen molar-refractivity contribution in [2.75, 3.05) is 10.6 Å². The SMILES string of the molecule is CC1=C(C(=O)Nc2ccccc2)[C@@H](c2ccc(Cl)cc2)n2c(s/c(=C3\C(=O)Nc4ccc(Cl)cc43)c2=O)=N1. The molecule has 188 valence electrons. The smallest absolute Gasteiger partial charge is 0.271 e. The Labute approximate surface area is 230 Å². The van der Waals surface area contributed by atoms with Crippen molar-refractivity contribution in [3.05, 3.63) is 125 Å². The molecule has 2 aliphatic heterocycles. The lowest BCUT2D eigenvalue weighted by Gasteiger charge is -2.25. The number of carbonyl (C=O) groups is 2. The molecule has 7 nitrogen and oxygen atoms in total. The number of amides is 2. The Hall–Kier alpha value is -3.98. The van der Waals surface area contributed by atoms with E-state index < -0.39 is 17.5 Å². The Bertz CT molecular complexity index is 1860. The van der Waals surface area contributed by atoms with Crippen molar-refractivity contribution >= 4 is 63.3 Å². The molecule has 0 radical (unpaired) electrons. The Balaban J connectivity index is 1.59. The first-order chi connectivity index (χ1) is 18.3. The zero-order chi connectivity index (χ0) is 26.6. The van der Waals surface area contributed by atoms with Crippen molar-refractivity contribution in [2.45, 2.75) is 13.0 Å². The van der Waals surface area contributed by atoms with Crippen LogP contribution in [0.25, 0.3) is 5.57 Å². The van der Waals surface area contributed by atoms with Gasteiger partial charge in [-0.3, -0.25) is 19.0 Å². The van der Waals surface area contributed by atoms with Crippen LogP contribution in [0.3, 0.4) is 0 Å². The molecule has 1 aromatic heterocycles. The molecule has 2 aliphatic rings. The number of hydrogen-bond acceptors (Lipinski definition) is 5. The van der Waals surface area contributed by atoms with Gasteiger partial charge in [-0.1, -0.05) is 64.9 Å². The minimum absolute atomic E-state index is 0.221. The quantitative estimate of drug-likeness (QED) is 0.386. The molecule has 2 amide bonds. The van der Waals surface area contributed by atoms with Gasteiger partial charge in [0.2, 0.25) is 0 Å². The van der Waals surface area contributed by atoms with Gasteiger partial charge >= 0.3 is 0 Å². The van der Waals surface area contributed by atoms with Gasteiger partial charge in [0.25, 0.3) is 17.4 Å². The van der Waals surface area contributed by atoms with Gasteiger partial charge < -0.3 is 10.6 Å². The van der Waals surface area contributed by atoms with Crippen LogP contribution >= 0.6 is 34.5 Å². The average Bonchev–Trinajstić information content (AvgIpc) is 3.38. The lowest BCUT2D eigenvalue weighted by Crippen LogP contribution is -2.41. The largest absolute Gasteiger partial charge is 0.322 e. The van der Waals surface area contributed by atoms with Crippen LogP contribution in [-0.4, -0.2) is 16.4 Å². The molecular weight excluding hydrogens is 543 g/mol. The third-order valence-corrected chi connectivity index (χ3v) is 7.95. The summed E-state index contributed by atoms with van der Waals surface area (Å²) in [7, 11) is 0. The van der Waals surface area contributed by atoms with E-state index in [1.165, 1.54) is 4.57 Å². The number of nitrogens with zero attached hydrogens (tertiary/aromatic N) is 2. The van der Waals surface area contributed by atoms with Crippen molar-refractivity contribution in [1.29, 1.82) is 0 Å². The second kappa shape index (κ2) is 9.40. The van der Waals surface area contributed by atoms with Gasteiger partial charge in [-0.2, -0.15) is 0 Å². The van der Waals surface area contributed by atoms with Crippen molar-refractivity contribution in [1.82, 2.24) is 4.57 Å². The zero-order valence-electron chi connectivity index (χ0n) is 19.8. The van der Waals surface area contributed by atoms with Gasteiger partial charge in [0.15, 0.2) is 4.80 Å². The van der Waals surface area contributed by atoms with Crippen molar-refractivity contribution in [2.24, 2.45) is 4.99 Å². The molecule has 0 saturated carbocycles. The predicted molar refractivity (Wildman–Crippen MR) is 149 cm³/mol. The summed E-state index contributed by atoms with van der Waals surface area (Å²) in [6.07, 6.45) is 0. The van der Waals surface area contributed by atoms with Gasteiger partial charge in [-0.05, 0) is 55.0 Å². The maximum atomic E-state index is 14.0. The summed E-state index contributed by atoms with van der Waals surface area (Å²) in [4.78, 5) is 45.6. The van der Waals surface area contributed by atoms with Crippen LogP contribution in [0.1, 0.15) is 24.1 Å². The maximum absolute atomic E-state index is 14.0. The van der Waals surface area contributed by atoms with Crippen LogP contribution in [0.15, 0.2) is 93.9 Å². The van der Waals surface area contributed by atoms with Gasteiger partial charge in [0, 0.05) is 27.0 Å². The van der Waals surface area contributed by atoms with E-state index in [1.54, 1.807) is 61.5 Å². The molecule has 0 saturated heterocycles. The number of aromatic nitrogens is 1. The van der Waals surface area contributed by atoms with Gasteiger partial charge in [-0.25, -0.2) is 4.99 Å². The molecule has 3 aromatic carbocycles. The molecule has 0 bridgehead atoms. The molecule has 0 spiro atoms. The van der Waals surface area contributed by atoms with E-state index in [1.807, 2.05) is 18.2 Å². The van der Waals surface area contributed by atoms with Crippen LogP contribution in [0.4, 0.5) is 11.4 Å². The van der Waals surface area contributed by atoms with Crippen molar-refractivity contribution in [3.8, 4) is 0 Å². The topological polar surface area (TPSA) is 92.6 Å². The first kappa shape index (κ1) is 24.4. The molecule has 0 aliphatic carbocycles. The summed E-state index contributed by atoms with van der Waals surface area (Å²) in [6.45, 7) is 1.74. The number of allylic oxidation sites excluding steroid dienone is 1. The fraction of sp³-hybridized carbons (Fsp3) is 0.0714. The first-order valence-corrected chi connectivity index (χ1v) is 13.2. The predicted octanol–water partition coefficient (Wildman–Crippen LogP) is 4.50. The number of benzene rings is 3. The summed E-state index contributed by atoms with van der Waals surface area (Å²) in [5, 5.41) is 6.68. The van der Waals surface area contributed by atoms with E-state index in [2.05, 4.69) is 15.6 Å². The Morgan fingerprint density at radius 3 is 2.45 bits per heavy atom. The van der Waals surface area contributed by atoms with E-state index in [0.29, 0.717) is 48.6 Å². The summed E-state index contributed by atoms with van der Waals surface area (Å²) in [5.74, 6) is -0.778. The fourth-order valence-electron chi connectivity index (χ4n) is 4.71. The highest BCUT2D eigenvalue weighted by Gasteiger charge is 2.34. The van der Waals surface area contributed by atoms with E-state index >= 15 is 0 Å². The van der Waals surface area contributed by atoms with Crippen LogP contribution in [-0.2, 0) is 9.59 Å². The lowest BCUT2D eigenvalue weighted by atomic mass is 9.95. The second-order valence-electron chi connectivity index (χ2n) is 8.79. The normalized spacial score (nSPS) is 17.4. The number of thiazole rings is 1. The average molecular weight is 561 g/mol. The Kier molecular flexibility index (Phi) is 6.03. The third kappa shape index (κ3) is 4.07. The standard InChI is InChI=1S/C28H18Cl2N4O3S/c1-14-21(25(35)32-18-5-3-2-4-6-18)23(15-7-9-16(29)10-8-15)34-27(37)24(38-28(34)31-14)22-19-13-17(30)11-12-20(19)33-26(22)36/h2-13,23H,1H3,(H,32,35)(H,33,36)/b24-22-/t23-/m1/s1. The molecule has 38 heavy (non-hydrogen) atoms. The zero-order valence-corrected chi connectivity index (χ0v) is 22.1. The van der Waals surface area contributed by atoms with Crippen LogP contribution < -0.4 is 25.5 Å². The number of anilines is 2. The fourth-order valence-corrected chi connectivity index (χ4v) is 6.15. The summed E-state index contributed by atoms with van der Waals surface area (Å²) < 4.78 is 1.69. The molecule has 1 atom stereocenters. The van der Waals surface area contributed by atoms with Crippen LogP contribution in [0.2, 0.25) is 10.0 Å².